The summed E-state index contributed by atoms with van der Waals surface area (Å²) in [4.78, 5) is 25.1. The number of hydrogen-bond donors (Lipinski definition) is 0. The van der Waals surface area contributed by atoms with Crippen LogP contribution in [0.15, 0.2) is 60.7 Å². The zero-order chi connectivity index (χ0) is 18.2. The van der Waals surface area contributed by atoms with E-state index < -0.39 is 4.92 Å². The standard InChI is InChI=1S/C20H22N2O3/c1-3-16(2)21(15-17-9-5-4-6-10-17)20(23)14-13-18-11-7-8-12-19(18)22(24)25/h4-14,16H,3,15H2,1-2H3/b14-13+. The van der Waals surface area contributed by atoms with Crippen molar-refractivity contribution in [1.82, 2.24) is 4.90 Å². The third kappa shape index (κ3) is 5.01. The highest BCUT2D eigenvalue weighted by atomic mass is 16.6. The first-order chi connectivity index (χ1) is 12.0. The van der Waals surface area contributed by atoms with E-state index in [9.17, 15) is 14.9 Å². The van der Waals surface area contributed by atoms with E-state index in [0.717, 1.165) is 12.0 Å². The van der Waals surface area contributed by atoms with Crippen LogP contribution in [0.4, 0.5) is 5.69 Å². The lowest BCUT2D eigenvalue weighted by Crippen LogP contribution is -2.36. The molecule has 0 spiro atoms. The molecule has 0 aliphatic carbocycles. The summed E-state index contributed by atoms with van der Waals surface area (Å²) in [5.41, 5.74) is 1.46. The fourth-order valence-electron chi connectivity index (χ4n) is 2.50. The number of rotatable bonds is 7. The van der Waals surface area contributed by atoms with Crippen molar-refractivity contribution in [2.75, 3.05) is 0 Å². The van der Waals surface area contributed by atoms with Crippen molar-refractivity contribution in [2.24, 2.45) is 0 Å². The lowest BCUT2D eigenvalue weighted by Gasteiger charge is -2.27. The Balaban J connectivity index is 2.21. The summed E-state index contributed by atoms with van der Waals surface area (Å²) in [6.07, 6.45) is 3.76. The van der Waals surface area contributed by atoms with Crippen molar-refractivity contribution in [3.8, 4) is 0 Å². The van der Waals surface area contributed by atoms with Crippen LogP contribution in [0, 0.1) is 10.1 Å². The van der Waals surface area contributed by atoms with E-state index >= 15 is 0 Å². The maximum Gasteiger partial charge on any atom is 0.276 e. The predicted octanol–water partition coefficient (Wildman–Crippen LogP) is 4.44. The summed E-state index contributed by atoms with van der Waals surface area (Å²) in [7, 11) is 0. The maximum absolute atomic E-state index is 12.7. The molecular weight excluding hydrogens is 316 g/mol. The fraction of sp³-hybridized carbons (Fsp3) is 0.250. The van der Waals surface area contributed by atoms with E-state index in [4.69, 9.17) is 0 Å². The SMILES string of the molecule is CCC(C)N(Cc1ccccc1)C(=O)/C=C/c1ccccc1[N+](=O)[O-]. The van der Waals surface area contributed by atoms with Crippen LogP contribution in [0.1, 0.15) is 31.4 Å². The Kier molecular flexibility index (Phi) is 6.46. The normalized spacial score (nSPS) is 12.1. The van der Waals surface area contributed by atoms with Crippen LogP contribution in [0.25, 0.3) is 6.08 Å². The van der Waals surface area contributed by atoms with E-state index in [1.165, 1.54) is 18.2 Å². The van der Waals surface area contributed by atoms with Gasteiger partial charge in [0, 0.05) is 24.7 Å². The molecule has 0 bridgehead atoms. The minimum Gasteiger partial charge on any atom is -0.332 e. The molecule has 0 N–H and O–H groups in total. The van der Waals surface area contributed by atoms with Crippen LogP contribution < -0.4 is 0 Å². The molecule has 0 fully saturated rings. The molecule has 0 aliphatic heterocycles. The Labute approximate surface area is 147 Å². The number of nitro groups is 1. The lowest BCUT2D eigenvalue weighted by atomic mass is 10.1. The summed E-state index contributed by atoms with van der Waals surface area (Å²) < 4.78 is 0. The Morgan fingerprint density at radius 2 is 1.80 bits per heavy atom. The lowest BCUT2D eigenvalue weighted by molar-refractivity contribution is -0.385. The molecule has 5 heteroatoms. The Hall–Kier alpha value is -2.95. The first-order valence-electron chi connectivity index (χ1n) is 8.29. The van der Waals surface area contributed by atoms with Crippen LogP contribution in [-0.2, 0) is 11.3 Å². The topological polar surface area (TPSA) is 63.5 Å². The highest BCUT2D eigenvalue weighted by Gasteiger charge is 2.17. The van der Waals surface area contributed by atoms with Crippen molar-refractivity contribution in [1.29, 1.82) is 0 Å². The molecule has 0 saturated carbocycles. The summed E-state index contributed by atoms with van der Waals surface area (Å²) in [5.74, 6) is -0.156. The monoisotopic (exact) mass is 338 g/mol. The van der Waals surface area contributed by atoms with Gasteiger partial charge in [-0.05, 0) is 31.1 Å². The van der Waals surface area contributed by atoms with Gasteiger partial charge in [-0.2, -0.15) is 0 Å². The summed E-state index contributed by atoms with van der Waals surface area (Å²) >= 11 is 0. The number of nitro benzene ring substituents is 1. The smallest absolute Gasteiger partial charge is 0.276 e. The Bertz CT molecular complexity index is 757. The van der Waals surface area contributed by atoms with Gasteiger partial charge in [0.1, 0.15) is 0 Å². The van der Waals surface area contributed by atoms with Gasteiger partial charge in [0.25, 0.3) is 5.69 Å². The van der Waals surface area contributed by atoms with E-state index in [2.05, 4.69) is 0 Å². The quantitative estimate of drug-likeness (QED) is 0.426. The highest BCUT2D eigenvalue weighted by molar-refractivity contribution is 5.92. The van der Waals surface area contributed by atoms with Crippen molar-refractivity contribution < 1.29 is 9.72 Å². The molecule has 0 saturated heterocycles. The third-order valence-electron chi connectivity index (χ3n) is 4.14. The average molecular weight is 338 g/mol. The van der Waals surface area contributed by atoms with Gasteiger partial charge in [-0.25, -0.2) is 0 Å². The molecule has 1 amide bonds. The average Bonchev–Trinajstić information content (AvgIpc) is 2.64. The molecule has 25 heavy (non-hydrogen) atoms. The second-order valence-corrected chi connectivity index (χ2v) is 5.86. The molecule has 5 nitrogen and oxygen atoms in total. The molecule has 0 aromatic heterocycles. The minimum absolute atomic E-state index is 0.00954. The molecule has 2 aromatic rings. The molecular formula is C20H22N2O3. The number of benzene rings is 2. The van der Waals surface area contributed by atoms with E-state index in [-0.39, 0.29) is 17.6 Å². The summed E-state index contributed by atoms with van der Waals surface area (Å²) in [5, 5.41) is 11.1. The number of hydrogen-bond acceptors (Lipinski definition) is 3. The second-order valence-electron chi connectivity index (χ2n) is 5.86. The van der Waals surface area contributed by atoms with Crippen LogP contribution >= 0.6 is 0 Å². The number of carbonyl (C=O) groups is 1. The van der Waals surface area contributed by atoms with E-state index in [1.807, 2.05) is 44.2 Å². The number of nitrogens with zero attached hydrogens (tertiary/aromatic N) is 2. The zero-order valence-electron chi connectivity index (χ0n) is 14.5. The summed E-state index contributed by atoms with van der Waals surface area (Å²) in [6, 6.07) is 16.2. The number of carbonyl (C=O) groups excluding carboxylic acids is 1. The van der Waals surface area contributed by atoms with Crippen molar-refractivity contribution in [3.63, 3.8) is 0 Å². The van der Waals surface area contributed by atoms with E-state index in [1.54, 1.807) is 23.1 Å². The van der Waals surface area contributed by atoms with Gasteiger partial charge in [0.2, 0.25) is 5.91 Å². The fourth-order valence-corrected chi connectivity index (χ4v) is 2.50. The molecule has 130 valence electrons. The second kappa shape index (κ2) is 8.78. The number of amides is 1. The first-order valence-corrected chi connectivity index (χ1v) is 8.29. The van der Waals surface area contributed by atoms with Crippen molar-refractivity contribution >= 4 is 17.7 Å². The molecule has 1 unspecified atom stereocenters. The molecule has 1 atom stereocenters. The minimum atomic E-state index is -0.444. The van der Waals surface area contributed by atoms with Crippen LogP contribution in [-0.4, -0.2) is 21.8 Å². The van der Waals surface area contributed by atoms with Gasteiger partial charge in [-0.1, -0.05) is 49.4 Å². The predicted molar refractivity (Wildman–Crippen MR) is 98.9 cm³/mol. The van der Waals surface area contributed by atoms with Crippen LogP contribution in [0.5, 0.6) is 0 Å². The Morgan fingerprint density at radius 1 is 1.16 bits per heavy atom. The van der Waals surface area contributed by atoms with Gasteiger partial charge in [0.15, 0.2) is 0 Å². The largest absolute Gasteiger partial charge is 0.332 e. The van der Waals surface area contributed by atoms with Crippen LogP contribution in [0.2, 0.25) is 0 Å². The first kappa shape index (κ1) is 18.4. The van der Waals surface area contributed by atoms with Gasteiger partial charge in [-0.15, -0.1) is 0 Å². The van der Waals surface area contributed by atoms with Crippen molar-refractivity contribution in [3.05, 3.63) is 81.9 Å². The summed E-state index contributed by atoms with van der Waals surface area (Å²) in [6.45, 7) is 4.54. The molecule has 2 rings (SSSR count). The van der Waals surface area contributed by atoms with E-state index in [0.29, 0.717) is 12.1 Å². The Morgan fingerprint density at radius 3 is 2.44 bits per heavy atom. The molecule has 0 radical (unpaired) electrons. The van der Waals surface area contributed by atoms with Gasteiger partial charge >= 0.3 is 0 Å². The zero-order valence-corrected chi connectivity index (χ0v) is 14.5. The van der Waals surface area contributed by atoms with Gasteiger partial charge in [-0.3, -0.25) is 14.9 Å². The maximum atomic E-state index is 12.7. The van der Waals surface area contributed by atoms with Gasteiger partial charge in [0.05, 0.1) is 10.5 Å². The number of para-hydroxylation sites is 1. The van der Waals surface area contributed by atoms with Crippen molar-refractivity contribution in [2.45, 2.75) is 32.9 Å². The molecule has 0 heterocycles. The molecule has 2 aromatic carbocycles. The third-order valence-corrected chi connectivity index (χ3v) is 4.14. The van der Waals surface area contributed by atoms with Crippen LogP contribution in [0.3, 0.4) is 0 Å². The highest BCUT2D eigenvalue weighted by Crippen LogP contribution is 2.19. The molecule has 0 aliphatic rings. The van der Waals surface area contributed by atoms with Gasteiger partial charge < -0.3 is 4.90 Å².